The predicted molar refractivity (Wildman–Crippen MR) is 244 cm³/mol. The number of rotatable bonds is 31. The lowest BCUT2D eigenvalue weighted by atomic mass is 9.85. The zero-order valence-electron chi connectivity index (χ0n) is 37.6. The van der Waals surface area contributed by atoms with Crippen molar-refractivity contribution in [3.63, 3.8) is 0 Å². The van der Waals surface area contributed by atoms with Crippen molar-refractivity contribution in [3.8, 4) is 0 Å². The maximum atomic E-state index is 14.0. The number of sulfonamides is 1. The molecule has 0 aromatic heterocycles. The van der Waals surface area contributed by atoms with E-state index in [1.54, 1.807) is 36.4 Å². The number of amidine groups is 1. The summed E-state index contributed by atoms with van der Waals surface area (Å²) in [6.45, 7) is 7.53. The van der Waals surface area contributed by atoms with E-state index in [2.05, 4.69) is 26.0 Å². The number of nitrogens with one attached hydrogen (secondary N) is 6. The van der Waals surface area contributed by atoms with Crippen molar-refractivity contribution in [2.75, 3.05) is 52.6 Å². The number of benzene rings is 1. The smallest absolute Gasteiger partial charge is 0.246 e. The molecule has 3 rings (SSSR count). The molecule has 3 unspecified atom stereocenters. The van der Waals surface area contributed by atoms with E-state index in [0.29, 0.717) is 63.0 Å². The fourth-order valence-corrected chi connectivity index (χ4v) is 8.77. The monoisotopic (exact) mass is 903 g/mol. The quantitative estimate of drug-likeness (QED) is 0.0305. The highest BCUT2D eigenvalue weighted by atomic mass is 32.2. The van der Waals surface area contributed by atoms with E-state index in [-0.39, 0.29) is 80.3 Å². The van der Waals surface area contributed by atoms with Crippen LogP contribution in [-0.4, -0.2) is 114 Å². The molecular weight excluding hydrogens is 829 g/mol. The average molecular weight is 903 g/mol. The Hall–Kier alpha value is -4.20. The Balaban J connectivity index is 1.50. The third kappa shape index (κ3) is 21.8. The Morgan fingerprint density at radius 3 is 2.32 bits per heavy atom. The molecule has 5 atom stereocenters. The second-order valence-corrected chi connectivity index (χ2v) is 18.7. The third-order valence-electron chi connectivity index (χ3n) is 11.4. The van der Waals surface area contributed by atoms with Crippen LogP contribution in [0.25, 0.3) is 0 Å². The highest BCUT2D eigenvalue weighted by Crippen LogP contribution is 2.28. The lowest BCUT2D eigenvalue weighted by molar-refractivity contribution is -0.131. The number of hydrogen-bond acceptors (Lipinski definition) is 11. The van der Waals surface area contributed by atoms with Crippen LogP contribution in [-0.2, 0) is 49.2 Å². The predicted octanol–water partition coefficient (Wildman–Crippen LogP) is 2.84. The van der Waals surface area contributed by atoms with Crippen molar-refractivity contribution in [1.29, 1.82) is 5.41 Å². The fraction of sp³-hybridized carbons (Fsp3) is 0.667. The summed E-state index contributed by atoms with van der Waals surface area (Å²) < 4.78 is 46.4. The lowest BCUT2D eigenvalue weighted by Gasteiger charge is -2.29. The van der Waals surface area contributed by atoms with Crippen LogP contribution < -0.4 is 37.5 Å². The zero-order valence-corrected chi connectivity index (χ0v) is 38.4. The van der Waals surface area contributed by atoms with Crippen molar-refractivity contribution in [3.05, 3.63) is 59.7 Å². The Labute approximate surface area is 374 Å². The molecule has 0 spiro atoms. The molecule has 17 nitrogen and oxygen atoms in total. The van der Waals surface area contributed by atoms with Gasteiger partial charge in [-0.25, -0.2) is 13.1 Å². The van der Waals surface area contributed by atoms with Gasteiger partial charge in [-0.15, -0.1) is 0 Å². The van der Waals surface area contributed by atoms with Crippen molar-refractivity contribution in [2.24, 2.45) is 23.3 Å². The highest BCUT2D eigenvalue weighted by Gasteiger charge is 2.32. The van der Waals surface area contributed by atoms with Crippen molar-refractivity contribution >= 4 is 39.5 Å². The minimum absolute atomic E-state index is 0.0330. The Morgan fingerprint density at radius 2 is 1.67 bits per heavy atom. The van der Waals surface area contributed by atoms with E-state index in [9.17, 15) is 27.6 Å². The van der Waals surface area contributed by atoms with Crippen molar-refractivity contribution in [1.82, 2.24) is 26.0 Å². The molecule has 2 aliphatic rings. The molecule has 0 saturated heterocycles. The molecule has 2 aliphatic carbocycles. The molecular formula is C45H74N8O9S. The lowest BCUT2D eigenvalue weighted by Crippen LogP contribution is -2.54. The van der Waals surface area contributed by atoms with Crippen LogP contribution in [0.5, 0.6) is 0 Å². The summed E-state index contributed by atoms with van der Waals surface area (Å²) in [5, 5.41) is 19.0. The summed E-state index contributed by atoms with van der Waals surface area (Å²) >= 11 is 0. The van der Waals surface area contributed by atoms with Crippen molar-refractivity contribution < 1.29 is 41.8 Å². The average Bonchev–Trinajstić information content (AvgIpc) is 3.26. The minimum atomic E-state index is -3.91. The van der Waals surface area contributed by atoms with Gasteiger partial charge in [-0.3, -0.25) is 24.6 Å². The number of carbonyl (C=O) groups excluding carboxylic acids is 4. The number of carbonyl (C=O) groups is 4. The standard InChI is InChI=1S/C45H74N8O9S/c1-4-45(3,62-26-23-46)22-25-61-33(2)28-50-41(55)31-60-30-40(54)49-24-12-11-17-38(43(56)51-29-35-18-20-37(21-19-35)42(47)48)52-44(57)39(27-34-13-7-5-8-14-34)53-63(58,59)32-36-15-9-6-10-16-36/h6,9-10,15-16,18,20-21,33-35,38-39,53H,4-5,7-8,11-14,17,19,22-32,46H2,1-3H3,(H3,47,48)(H,49,54)(H,50,55)(H,51,56)(H,52,57)/t33?,35?,38-,39+,45?/m0/s1. The molecule has 1 saturated carbocycles. The van der Waals surface area contributed by atoms with Crippen LogP contribution in [0.2, 0.25) is 0 Å². The van der Waals surface area contributed by atoms with Crippen LogP contribution >= 0.6 is 0 Å². The first-order valence-electron chi connectivity index (χ1n) is 22.5. The first-order chi connectivity index (χ1) is 30.1. The van der Waals surface area contributed by atoms with Crippen LogP contribution in [0.4, 0.5) is 0 Å². The van der Waals surface area contributed by atoms with Gasteiger partial charge in [0, 0.05) is 38.4 Å². The van der Waals surface area contributed by atoms with Crippen molar-refractivity contribution in [2.45, 2.75) is 127 Å². The van der Waals surface area contributed by atoms with Crippen LogP contribution in [0, 0.1) is 17.2 Å². The summed E-state index contributed by atoms with van der Waals surface area (Å²) in [7, 11) is -3.91. The first-order valence-corrected chi connectivity index (χ1v) is 24.2. The first kappa shape index (κ1) is 53.1. The van der Waals surface area contributed by atoms with Gasteiger partial charge in [0.2, 0.25) is 33.7 Å². The highest BCUT2D eigenvalue weighted by molar-refractivity contribution is 7.88. The van der Waals surface area contributed by atoms with E-state index < -0.39 is 39.8 Å². The SMILES string of the molecule is CCC(C)(CCOC(C)CNC(=O)COCC(=O)NCCCC[C@H](NC(=O)[C@@H](CC1CCCCC1)NS(=O)(=O)Cc1ccccc1)C(=O)NCC1C=CC(C(=N)N)=CC1)OCCN. The van der Waals surface area contributed by atoms with E-state index in [1.807, 2.05) is 32.9 Å². The molecule has 0 aliphatic heterocycles. The van der Waals surface area contributed by atoms with E-state index >= 15 is 0 Å². The summed E-state index contributed by atoms with van der Waals surface area (Å²) in [4.78, 5) is 52.5. The Bertz CT molecular complexity index is 1760. The van der Waals surface area contributed by atoms with Crippen LogP contribution in [0.1, 0.15) is 103 Å². The Kier molecular flexibility index (Phi) is 24.1. The summed E-state index contributed by atoms with van der Waals surface area (Å²) in [6.07, 6.45) is 13.7. The molecule has 10 N–H and O–H groups in total. The second-order valence-electron chi connectivity index (χ2n) is 16.9. The number of unbranched alkanes of at least 4 members (excludes halogenated alkanes) is 1. The number of hydrogen-bond donors (Lipinski definition) is 8. The van der Waals surface area contributed by atoms with Gasteiger partial charge >= 0.3 is 0 Å². The van der Waals surface area contributed by atoms with E-state index in [1.165, 1.54) is 0 Å². The molecule has 18 heteroatoms. The molecule has 0 bridgehead atoms. The van der Waals surface area contributed by atoms with Gasteiger partial charge in [-0.05, 0) is 76.2 Å². The largest absolute Gasteiger partial charge is 0.384 e. The molecule has 63 heavy (non-hydrogen) atoms. The van der Waals surface area contributed by atoms with Gasteiger partial charge in [0.05, 0.1) is 24.1 Å². The normalized spacial score (nSPS) is 18.0. The fourth-order valence-electron chi connectivity index (χ4n) is 7.42. The molecule has 1 aromatic carbocycles. The number of nitrogens with two attached hydrogens (primary N) is 2. The van der Waals surface area contributed by atoms with E-state index in [4.69, 9.17) is 31.1 Å². The Morgan fingerprint density at radius 1 is 0.952 bits per heavy atom. The minimum Gasteiger partial charge on any atom is -0.384 e. The molecule has 354 valence electrons. The van der Waals surface area contributed by atoms with E-state index in [0.717, 1.165) is 38.5 Å². The number of ether oxygens (including phenoxy) is 3. The molecule has 0 radical (unpaired) electrons. The van der Waals surface area contributed by atoms with Gasteiger partial charge in [0.15, 0.2) is 0 Å². The second kappa shape index (κ2) is 28.6. The zero-order chi connectivity index (χ0) is 46.1. The number of amides is 4. The van der Waals surface area contributed by atoms with Crippen LogP contribution in [0.15, 0.2) is 54.1 Å². The number of allylic oxidation sites excluding steroid dienone is 1. The third-order valence-corrected chi connectivity index (χ3v) is 12.8. The maximum Gasteiger partial charge on any atom is 0.246 e. The van der Waals surface area contributed by atoms with Gasteiger partial charge in [0.25, 0.3) is 0 Å². The molecule has 1 fully saturated rings. The van der Waals surface area contributed by atoms with Gasteiger partial charge < -0.3 is 46.9 Å². The molecule has 1 aromatic rings. The summed E-state index contributed by atoms with van der Waals surface area (Å²) in [5.74, 6) is -1.96. The maximum absolute atomic E-state index is 14.0. The topological polar surface area (TPSA) is 266 Å². The summed E-state index contributed by atoms with van der Waals surface area (Å²) in [5.41, 5.74) is 12.1. The molecule has 0 heterocycles. The van der Waals surface area contributed by atoms with Crippen LogP contribution in [0.3, 0.4) is 0 Å². The van der Waals surface area contributed by atoms with Gasteiger partial charge in [-0.2, -0.15) is 0 Å². The molecule has 4 amide bonds. The summed E-state index contributed by atoms with van der Waals surface area (Å²) in [6, 6.07) is 6.71. The van der Waals surface area contributed by atoms with Gasteiger partial charge in [0.1, 0.15) is 31.1 Å². The van der Waals surface area contributed by atoms with Gasteiger partial charge in [-0.1, -0.05) is 87.6 Å².